The van der Waals surface area contributed by atoms with Crippen LogP contribution in [0.15, 0.2) is 16.6 Å². The lowest BCUT2D eigenvalue weighted by molar-refractivity contribution is -0.118. The topological polar surface area (TPSA) is 54.0 Å². The number of aryl methyl sites for hydroxylation is 1. The fourth-order valence-electron chi connectivity index (χ4n) is 1.90. The van der Waals surface area contributed by atoms with Crippen LogP contribution in [0.25, 0.3) is 0 Å². The number of amides is 1. The average Bonchev–Trinajstić information content (AvgIpc) is 2.35. The fourth-order valence-corrected chi connectivity index (χ4v) is 2.12. The third-order valence-corrected chi connectivity index (χ3v) is 3.74. The maximum Gasteiger partial charge on any atom is 0.242 e. The number of pyridine rings is 1. The van der Waals surface area contributed by atoms with Crippen LogP contribution in [0.1, 0.15) is 25.0 Å². The Kier molecular flexibility index (Phi) is 4.12. The van der Waals surface area contributed by atoms with Gasteiger partial charge < -0.3 is 10.6 Å². The predicted molar refractivity (Wildman–Crippen MR) is 70.9 cm³/mol. The first-order valence-electron chi connectivity index (χ1n) is 5.84. The lowest BCUT2D eigenvalue weighted by Crippen LogP contribution is -2.43. The lowest BCUT2D eigenvalue weighted by atomic mass is 10.0. The Morgan fingerprint density at radius 2 is 2.35 bits per heavy atom. The number of carbonyl (C=O) groups is 1. The van der Waals surface area contributed by atoms with Gasteiger partial charge in [-0.15, -0.1) is 0 Å². The standard InChI is InChI=1S/C12H16BrN3O/c1-8-9(13)5-6-11(15-8)16-12(17)10-4-2-3-7-14-10/h5-6,10,14H,2-4,7H2,1H3,(H,15,16,17)/t10-/m1/s1. The molecule has 0 spiro atoms. The lowest BCUT2D eigenvalue weighted by Gasteiger charge is -2.22. The van der Waals surface area contributed by atoms with E-state index in [0.29, 0.717) is 5.82 Å². The molecular weight excluding hydrogens is 282 g/mol. The molecule has 1 aliphatic rings. The van der Waals surface area contributed by atoms with Gasteiger partial charge in [0.2, 0.25) is 5.91 Å². The minimum atomic E-state index is -0.0745. The van der Waals surface area contributed by atoms with E-state index in [-0.39, 0.29) is 11.9 Å². The van der Waals surface area contributed by atoms with E-state index in [1.54, 1.807) is 6.07 Å². The molecule has 0 radical (unpaired) electrons. The number of hydrogen-bond donors (Lipinski definition) is 2. The Labute approximate surface area is 109 Å². The van der Waals surface area contributed by atoms with Crippen LogP contribution in [0.4, 0.5) is 5.82 Å². The van der Waals surface area contributed by atoms with Gasteiger partial charge in [0, 0.05) is 4.47 Å². The molecule has 1 aliphatic heterocycles. The highest BCUT2D eigenvalue weighted by Gasteiger charge is 2.20. The number of carbonyl (C=O) groups excluding carboxylic acids is 1. The Hall–Kier alpha value is -0.940. The van der Waals surface area contributed by atoms with Crippen molar-refractivity contribution in [2.75, 3.05) is 11.9 Å². The monoisotopic (exact) mass is 297 g/mol. The zero-order valence-electron chi connectivity index (χ0n) is 9.79. The number of nitrogens with zero attached hydrogens (tertiary/aromatic N) is 1. The third kappa shape index (κ3) is 3.26. The van der Waals surface area contributed by atoms with Crippen LogP contribution in [0, 0.1) is 6.92 Å². The van der Waals surface area contributed by atoms with Gasteiger partial charge in [-0.3, -0.25) is 4.79 Å². The highest BCUT2D eigenvalue weighted by molar-refractivity contribution is 9.10. The molecule has 1 aromatic rings. The summed E-state index contributed by atoms with van der Waals surface area (Å²) in [4.78, 5) is 16.2. The van der Waals surface area contributed by atoms with Crippen molar-refractivity contribution < 1.29 is 4.79 Å². The summed E-state index contributed by atoms with van der Waals surface area (Å²) in [6.07, 6.45) is 3.17. The Balaban J connectivity index is 1.99. The van der Waals surface area contributed by atoms with Gasteiger partial charge in [0.15, 0.2) is 0 Å². The molecule has 0 aliphatic carbocycles. The number of anilines is 1. The minimum Gasteiger partial charge on any atom is -0.309 e. The number of hydrogen-bond acceptors (Lipinski definition) is 3. The number of halogens is 1. The second-order valence-corrected chi connectivity index (χ2v) is 5.11. The van der Waals surface area contributed by atoms with Crippen molar-refractivity contribution in [1.29, 1.82) is 0 Å². The molecule has 2 heterocycles. The van der Waals surface area contributed by atoms with Gasteiger partial charge in [-0.05, 0) is 54.4 Å². The quantitative estimate of drug-likeness (QED) is 0.880. The van der Waals surface area contributed by atoms with Crippen molar-refractivity contribution in [3.63, 3.8) is 0 Å². The van der Waals surface area contributed by atoms with Crippen LogP contribution in [0.5, 0.6) is 0 Å². The van der Waals surface area contributed by atoms with Gasteiger partial charge in [0.05, 0.1) is 11.7 Å². The first-order valence-corrected chi connectivity index (χ1v) is 6.63. The molecule has 1 fully saturated rings. The SMILES string of the molecule is Cc1nc(NC(=O)[C@H]2CCCCN2)ccc1Br. The molecular formula is C12H16BrN3O. The second kappa shape index (κ2) is 5.60. The molecule has 2 rings (SSSR count). The van der Waals surface area contributed by atoms with E-state index in [1.165, 1.54) is 0 Å². The Morgan fingerprint density at radius 3 is 3.00 bits per heavy atom. The summed E-state index contributed by atoms with van der Waals surface area (Å²) in [5.74, 6) is 0.627. The largest absolute Gasteiger partial charge is 0.309 e. The van der Waals surface area contributed by atoms with Crippen LogP contribution in [0.2, 0.25) is 0 Å². The van der Waals surface area contributed by atoms with E-state index in [1.807, 2.05) is 13.0 Å². The van der Waals surface area contributed by atoms with E-state index in [9.17, 15) is 4.79 Å². The molecule has 5 heteroatoms. The summed E-state index contributed by atoms with van der Waals surface area (Å²) >= 11 is 3.38. The molecule has 92 valence electrons. The van der Waals surface area contributed by atoms with Crippen LogP contribution in [0.3, 0.4) is 0 Å². The van der Waals surface area contributed by atoms with Gasteiger partial charge in [0.25, 0.3) is 0 Å². The van der Waals surface area contributed by atoms with Crippen LogP contribution >= 0.6 is 15.9 Å². The van der Waals surface area contributed by atoms with Crippen molar-refractivity contribution in [2.45, 2.75) is 32.2 Å². The first kappa shape index (κ1) is 12.5. The molecule has 0 aromatic carbocycles. The molecule has 0 unspecified atom stereocenters. The van der Waals surface area contributed by atoms with Crippen molar-refractivity contribution in [1.82, 2.24) is 10.3 Å². The van der Waals surface area contributed by atoms with E-state index in [0.717, 1.165) is 36.0 Å². The van der Waals surface area contributed by atoms with E-state index in [2.05, 4.69) is 31.5 Å². The summed E-state index contributed by atoms with van der Waals surface area (Å²) in [6.45, 7) is 2.82. The number of nitrogens with one attached hydrogen (secondary N) is 2. The molecule has 0 bridgehead atoms. The fraction of sp³-hybridized carbons (Fsp3) is 0.500. The van der Waals surface area contributed by atoms with E-state index in [4.69, 9.17) is 0 Å². The van der Waals surface area contributed by atoms with E-state index >= 15 is 0 Å². The van der Waals surface area contributed by atoms with E-state index < -0.39 is 0 Å². The third-order valence-electron chi connectivity index (χ3n) is 2.90. The van der Waals surface area contributed by atoms with Gasteiger partial charge in [-0.2, -0.15) is 0 Å². The number of aromatic nitrogens is 1. The highest BCUT2D eigenvalue weighted by atomic mass is 79.9. The van der Waals surface area contributed by atoms with Crippen LogP contribution in [-0.4, -0.2) is 23.5 Å². The number of rotatable bonds is 2. The smallest absolute Gasteiger partial charge is 0.242 e. The second-order valence-electron chi connectivity index (χ2n) is 4.26. The predicted octanol–water partition coefficient (Wildman–Crippen LogP) is 2.23. The Morgan fingerprint density at radius 1 is 1.53 bits per heavy atom. The van der Waals surface area contributed by atoms with Gasteiger partial charge in [-0.1, -0.05) is 6.42 Å². The molecule has 4 nitrogen and oxygen atoms in total. The summed E-state index contributed by atoms with van der Waals surface area (Å²) < 4.78 is 0.950. The first-order chi connectivity index (χ1) is 8.16. The van der Waals surface area contributed by atoms with Gasteiger partial charge in [0.1, 0.15) is 5.82 Å². The average molecular weight is 298 g/mol. The highest BCUT2D eigenvalue weighted by Crippen LogP contribution is 2.17. The molecule has 1 aromatic heterocycles. The maximum absolute atomic E-state index is 11.9. The van der Waals surface area contributed by atoms with Crippen molar-refractivity contribution in [2.24, 2.45) is 0 Å². The molecule has 17 heavy (non-hydrogen) atoms. The van der Waals surface area contributed by atoms with Crippen LogP contribution < -0.4 is 10.6 Å². The van der Waals surface area contributed by atoms with Gasteiger partial charge in [-0.25, -0.2) is 4.98 Å². The molecule has 0 saturated carbocycles. The molecule has 2 N–H and O–H groups in total. The molecule has 1 atom stereocenters. The van der Waals surface area contributed by atoms with Gasteiger partial charge >= 0.3 is 0 Å². The normalized spacial score (nSPS) is 20.0. The van der Waals surface area contributed by atoms with Crippen molar-refractivity contribution in [3.05, 3.63) is 22.3 Å². The van der Waals surface area contributed by atoms with Crippen molar-refractivity contribution >= 4 is 27.7 Å². The summed E-state index contributed by atoms with van der Waals surface area (Å²) in [5.41, 5.74) is 0.874. The summed E-state index contributed by atoms with van der Waals surface area (Å²) in [6, 6.07) is 3.62. The Bertz CT molecular complexity index is 416. The summed E-state index contributed by atoms with van der Waals surface area (Å²) in [7, 11) is 0. The van der Waals surface area contributed by atoms with Crippen molar-refractivity contribution in [3.8, 4) is 0 Å². The minimum absolute atomic E-state index is 0.0129. The zero-order valence-corrected chi connectivity index (χ0v) is 11.4. The molecule has 1 saturated heterocycles. The molecule has 1 amide bonds. The zero-order chi connectivity index (χ0) is 12.3. The summed E-state index contributed by atoms with van der Waals surface area (Å²) in [5, 5.41) is 6.06. The number of piperidine rings is 1. The van der Waals surface area contributed by atoms with Crippen LogP contribution in [-0.2, 0) is 4.79 Å². The maximum atomic E-state index is 11.9.